The Morgan fingerprint density at radius 2 is 2.43 bits per heavy atom. The second-order valence-electron chi connectivity index (χ2n) is 3.52. The minimum Gasteiger partial charge on any atom is -0.336 e. The van der Waals surface area contributed by atoms with E-state index >= 15 is 0 Å². The minimum absolute atomic E-state index is 0.0199. The fraction of sp³-hybridized carbons (Fsp3) is 0.400. The number of carbonyl (C=O) groups is 1. The second kappa shape index (κ2) is 3.65. The molecule has 0 spiro atoms. The SMILES string of the molecule is Cc1cncc(CN2CCNC2=O)c1. The fourth-order valence-electron chi connectivity index (χ4n) is 1.59. The van der Waals surface area contributed by atoms with E-state index in [1.165, 1.54) is 0 Å². The summed E-state index contributed by atoms with van der Waals surface area (Å²) >= 11 is 0. The largest absolute Gasteiger partial charge is 0.336 e. The summed E-state index contributed by atoms with van der Waals surface area (Å²) in [6.07, 6.45) is 3.62. The molecule has 0 aliphatic carbocycles. The summed E-state index contributed by atoms with van der Waals surface area (Å²) in [6.45, 7) is 4.19. The quantitative estimate of drug-likeness (QED) is 0.755. The van der Waals surface area contributed by atoms with Crippen molar-refractivity contribution in [3.8, 4) is 0 Å². The molecular formula is C10H13N3O. The average Bonchev–Trinajstić information content (AvgIpc) is 2.52. The van der Waals surface area contributed by atoms with Crippen molar-refractivity contribution >= 4 is 6.03 Å². The Hall–Kier alpha value is -1.58. The molecule has 0 aromatic carbocycles. The first-order chi connectivity index (χ1) is 6.75. The molecule has 2 amide bonds. The highest BCUT2D eigenvalue weighted by Crippen LogP contribution is 2.07. The van der Waals surface area contributed by atoms with Gasteiger partial charge in [0, 0.05) is 32.0 Å². The molecule has 0 radical (unpaired) electrons. The van der Waals surface area contributed by atoms with E-state index in [0.717, 1.165) is 24.2 Å². The highest BCUT2D eigenvalue weighted by Gasteiger charge is 2.19. The van der Waals surface area contributed by atoms with Crippen LogP contribution in [0.2, 0.25) is 0 Å². The van der Waals surface area contributed by atoms with Crippen molar-refractivity contribution in [3.05, 3.63) is 29.6 Å². The minimum atomic E-state index is 0.0199. The molecule has 1 aromatic rings. The number of pyridine rings is 1. The molecule has 4 nitrogen and oxygen atoms in total. The number of amides is 2. The van der Waals surface area contributed by atoms with E-state index in [1.807, 2.05) is 13.1 Å². The first kappa shape index (κ1) is 8.99. The van der Waals surface area contributed by atoms with Gasteiger partial charge in [-0.25, -0.2) is 4.79 Å². The van der Waals surface area contributed by atoms with Crippen LogP contribution in [0.5, 0.6) is 0 Å². The molecule has 0 atom stereocenters. The first-order valence-corrected chi connectivity index (χ1v) is 4.69. The summed E-state index contributed by atoms with van der Waals surface area (Å²) in [5.74, 6) is 0. The van der Waals surface area contributed by atoms with Gasteiger partial charge in [-0.3, -0.25) is 4.98 Å². The topological polar surface area (TPSA) is 45.2 Å². The van der Waals surface area contributed by atoms with Gasteiger partial charge >= 0.3 is 6.03 Å². The molecule has 74 valence electrons. The van der Waals surface area contributed by atoms with Crippen LogP contribution in [0.15, 0.2) is 18.5 Å². The van der Waals surface area contributed by atoms with Crippen molar-refractivity contribution < 1.29 is 4.79 Å². The van der Waals surface area contributed by atoms with E-state index in [-0.39, 0.29) is 6.03 Å². The summed E-state index contributed by atoms with van der Waals surface area (Å²) in [5, 5.41) is 2.77. The third-order valence-corrected chi connectivity index (χ3v) is 2.25. The zero-order chi connectivity index (χ0) is 9.97. The number of nitrogens with zero attached hydrogens (tertiary/aromatic N) is 2. The third-order valence-electron chi connectivity index (χ3n) is 2.25. The van der Waals surface area contributed by atoms with Gasteiger partial charge in [0.1, 0.15) is 0 Å². The van der Waals surface area contributed by atoms with Crippen LogP contribution in [0.4, 0.5) is 4.79 Å². The zero-order valence-electron chi connectivity index (χ0n) is 8.16. The molecule has 4 heteroatoms. The lowest BCUT2D eigenvalue weighted by atomic mass is 10.2. The van der Waals surface area contributed by atoms with E-state index in [9.17, 15) is 4.79 Å². The van der Waals surface area contributed by atoms with E-state index in [2.05, 4.69) is 16.4 Å². The molecule has 1 saturated heterocycles. The highest BCUT2D eigenvalue weighted by molar-refractivity contribution is 5.76. The van der Waals surface area contributed by atoms with Crippen LogP contribution in [-0.4, -0.2) is 29.0 Å². The Morgan fingerprint density at radius 1 is 1.57 bits per heavy atom. The van der Waals surface area contributed by atoms with E-state index < -0.39 is 0 Å². The molecular weight excluding hydrogens is 178 g/mol. The predicted octanol–water partition coefficient (Wildman–Crippen LogP) is 0.915. The summed E-state index contributed by atoms with van der Waals surface area (Å²) < 4.78 is 0. The predicted molar refractivity (Wildman–Crippen MR) is 52.8 cm³/mol. The van der Waals surface area contributed by atoms with Gasteiger partial charge in [-0.05, 0) is 18.1 Å². The summed E-state index contributed by atoms with van der Waals surface area (Å²) in [4.78, 5) is 17.1. The van der Waals surface area contributed by atoms with Crippen LogP contribution in [0, 0.1) is 6.92 Å². The fourth-order valence-corrected chi connectivity index (χ4v) is 1.59. The maximum absolute atomic E-state index is 11.3. The van der Waals surface area contributed by atoms with Crippen LogP contribution < -0.4 is 5.32 Å². The Labute approximate surface area is 82.9 Å². The van der Waals surface area contributed by atoms with E-state index in [4.69, 9.17) is 0 Å². The summed E-state index contributed by atoms with van der Waals surface area (Å²) in [5.41, 5.74) is 2.21. The van der Waals surface area contributed by atoms with Gasteiger partial charge < -0.3 is 10.2 Å². The Morgan fingerprint density at radius 3 is 3.07 bits per heavy atom. The molecule has 1 aliphatic rings. The van der Waals surface area contributed by atoms with Crippen molar-refractivity contribution in [2.45, 2.75) is 13.5 Å². The van der Waals surface area contributed by atoms with Crippen LogP contribution in [0.1, 0.15) is 11.1 Å². The molecule has 14 heavy (non-hydrogen) atoms. The van der Waals surface area contributed by atoms with E-state index in [0.29, 0.717) is 6.54 Å². The molecule has 0 bridgehead atoms. The standard InChI is InChI=1S/C10H13N3O/c1-8-4-9(6-11-5-8)7-13-3-2-12-10(13)14/h4-6H,2-3,7H2,1H3,(H,12,14). The van der Waals surface area contributed by atoms with Gasteiger partial charge in [0.05, 0.1) is 0 Å². The molecule has 0 unspecified atom stereocenters. The van der Waals surface area contributed by atoms with Crippen molar-refractivity contribution in [2.24, 2.45) is 0 Å². The second-order valence-corrected chi connectivity index (χ2v) is 3.52. The maximum atomic E-state index is 11.3. The lowest BCUT2D eigenvalue weighted by Gasteiger charge is -2.13. The molecule has 2 heterocycles. The Balaban J connectivity index is 2.07. The number of aromatic nitrogens is 1. The number of hydrogen-bond acceptors (Lipinski definition) is 2. The summed E-state index contributed by atoms with van der Waals surface area (Å²) in [7, 11) is 0. The number of carbonyl (C=O) groups excluding carboxylic acids is 1. The molecule has 2 rings (SSSR count). The first-order valence-electron chi connectivity index (χ1n) is 4.69. The lowest BCUT2D eigenvalue weighted by molar-refractivity contribution is 0.215. The normalized spacial score (nSPS) is 15.8. The average molecular weight is 191 g/mol. The Kier molecular flexibility index (Phi) is 2.35. The molecule has 1 aromatic heterocycles. The van der Waals surface area contributed by atoms with Gasteiger partial charge in [-0.1, -0.05) is 6.07 Å². The maximum Gasteiger partial charge on any atom is 0.317 e. The molecule has 1 N–H and O–H groups in total. The summed E-state index contributed by atoms with van der Waals surface area (Å²) in [6, 6.07) is 2.07. The van der Waals surface area contributed by atoms with Gasteiger partial charge in [0.15, 0.2) is 0 Å². The number of nitrogens with one attached hydrogen (secondary N) is 1. The Bertz CT molecular complexity index is 351. The van der Waals surface area contributed by atoms with Crippen molar-refractivity contribution in [3.63, 3.8) is 0 Å². The third kappa shape index (κ3) is 1.84. The van der Waals surface area contributed by atoms with Crippen LogP contribution in [0.25, 0.3) is 0 Å². The molecule has 1 fully saturated rings. The number of aryl methyl sites for hydroxylation is 1. The monoisotopic (exact) mass is 191 g/mol. The van der Waals surface area contributed by atoms with Gasteiger partial charge in [0.25, 0.3) is 0 Å². The van der Waals surface area contributed by atoms with E-state index in [1.54, 1.807) is 11.1 Å². The lowest BCUT2D eigenvalue weighted by Crippen LogP contribution is -2.27. The van der Waals surface area contributed by atoms with Crippen molar-refractivity contribution in [2.75, 3.05) is 13.1 Å². The van der Waals surface area contributed by atoms with Crippen LogP contribution >= 0.6 is 0 Å². The molecule has 1 aliphatic heterocycles. The van der Waals surface area contributed by atoms with Crippen LogP contribution in [-0.2, 0) is 6.54 Å². The van der Waals surface area contributed by atoms with Gasteiger partial charge in [0.2, 0.25) is 0 Å². The van der Waals surface area contributed by atoms with Crippen LogP contribution in [0.3, 0.4) is 0 Å². The smallest absolute Gasteiger partial charge is 0.317 e. The molecule has 0 saturated carbocycles. The number of hydrogen-bond donors (Lipinski definition) is 1. The number of urea groups is 1. The van der Waals surface area contributed by atoms with Gasteiger partial charge in [-0.2, -0.15) is 0 Å². The van der Waals surface area contributed by atoms with Crippen molar-refractivity contribution in [1.82, 2.24) is 15.2 Å². The highest BCUT2D eigenvalue weighted by atomic mass is 16.2. The van der Waals surface area contributed by atoms with Crippen molar-refractivity contribution in [1.29, 1.82) is 0 Å². The van der Waals surface area contributed by atoms with Gasteiger partial charge in [-0.15, -0.1) is 0 Å². The zero-order valence-corrected chi connectivity index (χ0v) is 8.16. The number of rotatable bonds is 2.